The Balaban J connectivity index is 1.92. The van der Waals surface area contributed by atoms with Gasteiger partial charge in [0.2, 0.25) is 5.95 Å². The zero-order chi connectivity index (χ0) is 13.0. The largest absolute Gasteiger partial charge is 0.399 e. The highest BCUT2D eigenvalue weighted by molar-refractivity contribution is 6.32. The maximum Gasteiger partial charge on any atom is 0.222 e. The number of benzene rings is 1. The second-order valence-electron chi connectivity index (χ2n) is 3.84. The number of nitrogens with one attached hydrogen (secondary N) is 1. The van der Waals surface area contributed by atoms with E-state index in [2.05, 4.69) is 15.3 Å². The molecule has 0 aliphatic carbocycles. The van der Waals surface area contributed by atoms with Crippen LogP contribution in [-0.4, -0.2) is 16.5 Å². The topological polar surface area (TPSA) is 89.8 Å². The number of halogens is 1. The smallest absolute Gasteiger partial charge is 0.222 e. The summed E-state index contributed by atoms with van der Waals surface area (Å²) in [5, 5.41) is 3.58. The van der Waals surface area contributed by atoms with Gasteiger partial charge in [0.1, 0.15) is 10.8 Å². The van der Waals surface area contributed by atoms with E-state index in [0.29, 0.717) is 17.4 Å². The molecule has 5 nitrogen and oxygen atoms in total. The van der Waals surface area contributed by atoms with Gasteiger partial charge in [-0.05, 0) is 24.1 Å². The molecule has 1 heterocycles. The Morgan fingerprint density at radius 2 is 1.89 bits per heavy atom. The SMILES string of the molecule is Nc1ccc(CCNc2nc(N)ncc2Cl)cc1. The summed E-state index contributed by atoms with van der Waals surface area (Å²) in [7, 11) is 0. The lowest BCUT2D eigenvalue weighted by atomic mass is 10.1. The molecule has 0 amide bonds. The molecule has 0 atom stereocenters. The van der Waals surface area contributed by atoms with Gasteiger partial charge in [0.15, 0.2) is 0 Å². The molecule has 94 valence electrons. The predicted molar refractivity (Wildman–Crippen MR) is 74.5 cm³/mol. The summed E-state index contributed by atoms with van der Waals surface area (Å²) in [6.07, 6.45) is 2.33. The molecule has 0 saturated carbocycles. The van der Waals surface area contributed by atoms with Gasteiger partial charge in [-0.15, -0.1) is 0 Å². The second kappa shape index (κ2) is 5.55. The number of aromatic nitrogens is 2. The average molecular weight is 264 g/mol. The maximum atomic E-state index is 5.94. The molecule has 0 aliphatic heterocycles. The number of rotatable bonds is 4. The van der Waals surface area contributed by atoms with Crippen LogP contribution in [0.3, 0.4) is 0 Å². The lowest BCUT2D eigenvalue weighted by Gasteiger charge is -2.07. The van der Waals surface area contributed by atoms with Crippen molar-refractivity contribution < 1.29 is 0 Å². The first kappa shape index (κ1) is 12.4. The molecule has 0 saturated heterocycles. The van der Waals surface area contributed by atoms with Gasteiger partial charge in [-0.3, -0.25) is 0 Å². The fraction of sp³-hybridized carbons (Fsp3) is 0.167. The van der Waals surface area contributed by atoms with Crippen LogP contribution >= 0.6 is 11.6 Å². The molecule has 18 heavy (non-hydrogen) atoms. The van der Waals surface area contributed by atoms with Crippen LogP contribution in [0.1, 0.15) is 5.56 Å². The van der Waals surface area contributed by atoms with Crippen LogP contribution in [0.4, 0.5) is 17.5 Å². The van der Waals surface area contributed by atoms with E-state index in [1.54, 1.807) is 0 Å². The number of nitrogens with two attached hydrogens (primary N) is 2. The summed E-state index contributed by atoms with van der Waals surface area (Å²) in [5.74, 6) is 0.758. The first-order valence-corrected chi connectivity index (χ1v) is 5.89. The van der Waals surface area contributed by atoms with E-state index in [1.807, 2.05) is 24.3 Å². The normalized spacial score (nSPS) is 10.3. The fourth-order valence-electron chi connectivity index (χ4n) is 1.51. The molecular weight excluding hydrogens is 250 g/mol. The minimum absolute atomic E-state index is 0.203. The van der Waals surface area contributed by atoms with Crippen molar-refractivity contribution in [2.45, 2.75) is 6.42 Å². The van der Waals surface area contributed by atoms with Crippen LogP contribution in [0.5, 0.6) is 0 Å². The monoisotopic (exact) mass is 263 g/mol. The van der Waals surface area contributed by atoms with Gasteiger partial charge < -0.3 is 16.8 Å². The lowest BCUT2D eigenvalue weighted by molar-refractivity contribution is 1.00. The zero-order valence-electron chi connectivity index (χ0n) is 9.73. The number of nitrogens with zero attached hydrogens (tertiary/aromatic N) is 2. The Morgan fingerprint density at radius 3 is 2.61 bits per heavy atom. The Bertz CT molecular complexity index is 526. The summed E-state index contributed by atoms with van der Waals surface area (Å²) in [4.78, 5) is 7.82. The van der Waals surface area contributed by atoms with Crippen molar-refractivity contribution in [3.05, 3.63) is 41.0 Å². The first-order chi connectivity index (χ1) is 8.65. The van der Waals surface area contributed by atoms with Crippen LogP contribution in [0, 0.1) is 0 Å². The Hall–Kier alpha value is -2.01. The van der Waals surface area contributed by atoms with E-state index in [-0.39, 0.29) is 5.95 Å². The highest BCUT2D eigenvalue weighted by Gasteiger charge is 2.02. The van der Waals surface area contributed by atoms with Crippen LogP contribution in [0.15, 0.2) is 30.5 Å². The van der Waals surface area contributed by atoms with Crippen molar-refractivity contribution in [3.8, 4) is 0 Å². The van der Waals surface area contributed by atoms with Crippen molar-refractivity contribution in [1.82, 2.24) is 9.97 Å². The van der Waals surface area contributed by atoms with E-state index in [1.165, 1.54) is 11.8 Å². The summed E-state index contributed by atoms with van der Waals surface area (Å²) in [6.45, 7) is 0.708. The summed E-state index contributed by atoms with van der Waals surface area (Å²) < 4.78 is 0. The van der Waals surface area contributed by atoms with Crippen LogP contribution in [0.2, 0.25) is 5.02 Å². The Labute approximate surface area is 110 Å². The zero-order valence-corrected chi connectivity index (χ0v) is 10.5. The predicted octanol–water partition coefficient (Wildman–Crippen LogP) is 1.95. The molecular formula is C12H14ClN5. The van der Waals surface area contributed by atoms with E-state index in [0.717, 1.165) is 12.1 Å². The summed E-state index contributed by atoms with van der Waals surface area (Å²) >= 11 is 5.94. The van der Waals surface area contributed by atoms with E-state index in [4.69, 9.17) is 23.1 Å². The number of anilines is 3. The third kappa shape index (κ3) is 3.24. The van der Waals surface area contributed by atoms with Gasteiger partial charge in [-0.1, -0.05) is 23.7 Å². The molecule has 1 aromatic carbocycles. The molecule has 0 aliphatic rings. The molecule has 0 radical (unpaired) electrons. The Kier molecular flexibility index (Phi) is 3.84. The molecule has 1 aromatic heterocycles. The van der Waals surface area contributed by atoms with Gasteiger partial charge >= 0.3 is 0 Å². The molecule has 0 bridgehead atoms. The quantitative estimate of drug-likeness (QED) is 0.734. The molecule has 6 heteroatoms. The van der Waals surface area contributed by atoms with Gasteiger partial charge in [0.05, 0.1) is 6.20 Å². The third-order valence-corrected chi connectivity index (χ3v) is 2.73. The van der Waals surface area contributed by atoms with Gasteiger partial charge in [0.25, 0.3) is 0 Å². The molecule has 0 spiro atoms. The van der Waals surface area contributed by atoms with E-state index >= 15 is 0 Å². The van der Waals surface area contributed by atoms with Gasteiger partial charge in [-0.2, -0.15) is 4.98 Å². The minimum atomic E-state index is 0.203. The second-order valence-corrected chi connectivity index (χ2v) is 4.25. The van der Waals surface area contributed by atoms with E-state index < -0.39 is 0 Å². The third-order valence-electron chi connectivity index (χ3n) is 2.45. The van der Waals surface area contributed by atoms with Crippen molar-refractivity contribution in [3.63, 3.8) is 0 Å². The minimum Gasteiger partial charge on any atom is -0.399 e. The maximum absolute atomic E-state index is 5.94. The highest BCUT2D eigenvalue weighted by atomic mass is 35.5. The van der Waals surface area contributed by atoms with E-state index in [9.17, 15) is 0 Å². The average Bonchev–Trinajstić information content (AvgIpc) is 2.36. The molecule has 0 fully saturated rings. The summed E-state index contributed by atoms with van der Waals surface area (Å²) in [6, 6.07) is 7.75. The van der Waals surface area contributed by atoms with Crippen LogP contribution < -0.4 is 16.8 Å². The molecule has 0 unspecified atom stereocenters. The van der Waals surface area contributed by atoms with Crippen LogP contribution in [-0.2, 0) is 6.42 Å². The highest BCUT2D eigenvalue weighted by Crippen LogP contribution is 2.18. The number of hydrogen-bond donors (Lipinski definition) is 3. The van der Waals surface area contributed by atoms with Gasteiger partial charge in [0, 0.05) is 12.2 Å². The molecule has 5 N–H and O–H groups in total. The Morgan fingerprint density at radius 1 is 1.17 bits per heavy atom. The van der Waals surface area contributed by atoms with Crippen molar-refractivity contribution >= 4 is 29.1 Å². The van der Waals surface area contributed by atoms with Crippen molar-refractivity contribution in [2.75, 3.05) is 23.3 Å². The lowest BCUT2D eigenvalue weighted by Crippen LogP contribution is -2.08. The van der Waals surface area contributed by atoms with Crippen molar-refractivity contribution in [2.24, 2.45) is 0 Å². The molecule has 2 aromatic rings. The van der Waals surface area contributed by atoms with Gasteiger partial charge in [-0.25, -0.2) is 4.98 Å². The van der Waals surface area contributed by atoms with Crippen molar-refractivity contribution in [1.29, 1.82) is 0 Å². The summed E-state index contributed by atoms with van der Waals surface area (Å²) in [5.41, 5.74) is 13.1. The first-order valence-electron chi connectivity index (χ1n) is 5.51. The number of hydrogen-bond acceptors (Lipinski definition) is 5. The van der Waals surface area contributed by atoms with Crippen LogP contribution in [0.25, 0.3) is 0 Å². The number of nitrogen functional groups attached to an aromatic ring is 2. The standard InChI is InChI=1S/C12H14ClN5/c13-10-7-17-12(15)18-11(10)16-6-5-8-1-3-9(14)4-2-8/h1-4,7H,5-6,14H2,(H3,15,16,17,18). The fourth-order valence-corrected chi connectivity index (χ4v) is 1.67. The molecule has 2 rings (SSSR count).